The smallest absolute Gasteiger partial charge is 0.238 e. The van der Waals surface area contributed by atoms with Crippen molar-refractivity contribution in [2.45, 2.75) is 18.8 Å². The van der Waals surface area contributed by atoms with Crippen molar-refractivity contribution >= 4 is 66.9 Å². The lowest BCUT2D eigenvalue weighted by Gasteiger charge is -2.44. The van der Waals surface area contributed by atoms with Gasteiger partial charge in [0.25, 0.3) is 0 Å². The van der Waals surface area contributed by atoms with Crippen LogP contribution in [0.2, 0.25) is 0 Å². The number of fused-ring (bicyclic) bond motifs is 4. The van der Waals surface area contributed by atoms with Crippen molar-refractivity contribution < 1.29 is 24.3 Å². The average Bonchev–Trinajstić information content (AvgIpc) is 3.37. The predicted octanol–water partition coefficient (Wildman–Crippen LogP) is 5.96. The Labute approximate surface area is 253 Å². The van der Waals surface area contributed by atoms with Gasteiger partial charge in [-0.3, -0.25) is 29.0 Å². The fraction of sp³-hybridized carbons (Fsp3) is 0.250. The van der Waals surface area contributed by atoms with E-state index in [0.717, 1.165) is 20.1 Å². The van der Waals surface area contributed by atoms with E-state index in [4.69, 9.17) is 0 Å². The zero-order chi connectivity index (χ0) is 28.6. The van der Waals surface area contributed by atoms with E-state index in [-0.39, 0.29) is 35.3 Å². The van der Waals surface area contributed by atoms with Gasteiger partial charge < -0.3 is 5.11 Å². The van der Waals surface area contributed by atoms with Crippen molar-refractivity contribution in [2.75, 3.05) is 9.80 Å². The molecule has 2 heterocycles. The van der Waals surface area contributed by atoms with Crippen molar-refractivity contribution in [3.63, 3.8) is 0 Å². The minimum absolute atomic E-state index is 0.0994. The number of rotatable bonds is 3. The second kappa shape index (κ2) is 9.77. The van der Waals surface area contributed by atoms with Crippen LogP contribution in [0.15, 0.2) is 93.4 Å². The Bertz CT molecular complexity index is 1630. The fourth-order valence-corrected chi connectivity index (χ4v) is 7.86. The number of anilines is 2. The van der Waals surface area contributed by atoms with E-state index in [1.807, 2.05) is 6.08 Å². The Balaban J connectivity index is 1.32. The van der Waals surface area contributed by atoms with Crippen LogP contribution in [0.3, 0.4) is 0 Å². The standard InChI is InChI=1S/C32H24Br2N2O5/c33-17-3-7-19(8-4-17)35-29(38)23-14-13-22-24(27(23)31(35)40)15-25-28(26(22)16-1-11-21(37)12-2-16)32(41)36(30(25)39)20-9-5-18(34)6-10-20/h1-13,23-28,37H,14-15H2/t23-,24+,25+,26-,27-,28+/m0/s1. The minimum Gasteiger partial charge on any atom is -0.508 e. The number of halogens is 2. The highest BCUT2D eigenvalue weighted by Crippen LogP contribution is 2.58. The highest BCUT2D eigenvalue weighted by atomic mass is 79.9. The van der Waals surface area contributed by atoms with Crippen LogP contribution in [-0.2, 0) is 19.2 Å². The second-order valence-electron chi connectivity index (χ2n) is 11.1. The molecule has 1 saturated carbocycles. The van der Waals surface area contributed by atoms with Gasteiger partial charge in [-0.1, -0.05) is 55.6 Å². The number of amides is 4. The lowest BCUT2D eigenvalue weighted by atomic mass is 9.57. The molecule has 0 spiro atoms. The molecule has 7 rings (SSSR count). The molecular weight excluding hydrogens is 652 g/mol. The Morgan fingerprint density at radius 3 is 1.68 bits per heavy atom. The number of phenolic OH excluding ortho intramolecular Hbond substituents is 1. The van der Waals surface area contributed by atoms with Crippen molar-refractivity contribution in [2.24, 2.45) is 29.6 Å². The summed E-state index contributed by atoms with van der Waals surface area (Å²) in [6.07, 6.45) is 2.73. The monoisotopic (exact) mass is 674 g/mol. The van der Waals surface area contributed by atoms with Crippen LogP contribution in [0.25, 0.3) is 0 Å². The lowest BCUT2D eigenvalue weighted by Crippen LogP contribution is -2.43. The molecule has 0 radical (unpaired) electrons. The van der Waals surface area contributed by atoms with Gasteiger partial charge in [-0.15, -0.1) is 0 Å². The number of phenols is 1. The number of carbonyl (C=O) groups excluding carboxylic acids is 4. The largest absolute Gasteiger partial charge is 0.508 e. The van der Waals surface area contributed by atoms with E-state index in [0.29, 0.717) is 24.2 Å². The number of nitrogens with zero attached hydrogens (tertiary/aromatic N) is 2. The molecule has 2 aliphatic carbocycles. The summed E-state index contributed by atoms with van der Waals surface area (Å²) >= 11 is 6.82. The van der Waals surface area contributed by atoms with Gasteiger partial charge in [0, 0.05) is 14.9 Å². The molecule has 3 aromatic carbocycles. The first-order chi connectivity index (χ1) is 19.7. The van der Waals surface area contributed by atoms with Crippen LogP contribution in [0.1, 0.15) is 24.3 Å². The fourth-order valence-electron chi connectivity index (χ4n) is 7.33. The molecule has 3 aromatic rings. The van der Waals surface area contributed by atoms with Crippen molar-refractivity contribution in [1.29, 1.82) is 0 Å². The molecule has 41 heavy (non-hydrogen) atoms. The van der Waals surface area contributed by atoms with Crippen LogP contribution in [-0.4, -0.2) is 28.7 Å². The summed E-state index contributed by atoms with van der Waals surface area (Å²) in [4.78, 5) is 58.2. The number of imide groups is 2. The topological polar surface area (TPSA) is 95.0 Å². The molecule has 2 aliphatic heterocycles. The summed E-state index contributed by atoms with van der Waals surface area (Å²) in [7, 11) is 0. The molecular formula is C32H24Br2N2O5. The zero-order valence-electron chi connectivity index (χ0n) is 21.6. The SMILES string of the molecule is O=C1[C@H]2[C@H](CC=C3[C@H]2C[C@H]2C(=O)N(c4ccc(Br)cc4)C(=O)[C@H]2[C@H]3c2ccc(O)cc2)C(=O)N1c1ccc(Br)cc1. The van der Waals surface area contributed by atoms with Gasteiger partial charge in [0.05, 0.1) is 35.0 Å². The number of benzene rings is 3. The maximum atomic E-state index is 14.1. The molecule has 206 valence electrons. The van der Waals surface area contributed by atoms with E-state index < -0.39 is 29.6 Å². The highest BCUT2D eigenvalue weighted by Gasteiger charge is 2.62. The highest BCUT2D eigenvalue weighted by molar-refractivity contribution is 9.10. The summed E-state index contributed by atoms with van der Waals surface area (Å²) in [5.41, 5.74) is 2.75. The second-order valence-corrected chi connectivity index (χ2v) is 12.9. The molecule has 6 atom stereocenters. The number of allylic oxidation sites excluding steroid dienone is 2. The van der Waals surface area contributed by atoms with E-state index in [9.17, 15) is 24.3 Å². The maximum Gasteiger partial charge on any atom is 0.238 e. The van der Waals surface area contributed by atoms with Gasteiger partial charge in [0.2, 0.25) is 23.6 Å². The maximum absolute atomic E-state index is 14.1. The molecule has 0 bridgehead atoms. The average molecular weight is 676 g/mol. The van der Waals surface area contributed by atoms with E-state index in [1.165, 1.54) is 9.80 Å². The number of carbonyl (C=O) groups is 4. The van der Waals surface area contributed by atoms with Gasteiger partial charge in [0.15, 0.2) is 0 Å². The first-order valence-corrected chi connectivity index (χ1v) is 15.1. The Morgan fingerprint density at radius 1 is 0.610 bits per heavy atom. The van der Waals surface area contributed by atoms with Crippen molar-refractivity contribution in [1.82, 2.24) is 0 Å². The minimum atomic E-state index is -0.649. The quantitative estimate of drug-likeness (QED) is 0.273. The molecule has 7 nitrogen and oxygen atoms in total. The van der Waals surface area contributed by atoms with Gasteiger partial charge in [0.1, 0.15) is 5.75 Å². The predicted molar refractivity (Wildman–Crippen MR) is 159 cm³/mol. The normalized spacial score (nSPS) is 28.9. The lowest BCUT2D eigenvalue weighted by molar-refractivity contribution is -0.126. The van der Waals surface area contributed by atoms with E-state index in [2.05, 4.69) is 31.9 Å². The first kappa shape index (κ1) is 26.3. The molecule has 9 heteroatoms. The summed E-state index contributed by atoms with van der Waals surface area (Å²) in [6, 6.07) is 20.9. The van der Waals surface area contributed by atoms with Crippen LogP contribution < -0.4 is 9.80 Å². The summed E-state index contributed by atoms with van der Waals surface area (Å²) in [5, 5.41) is 9.99. The summed E-state index contributed by atoms with van der Waals surface area (Å²) in [6.45, 7) is 0. The van der Waals surface area contributed by atoms with E-state index in [1.54, 1.807) is 72.8 Å². The molecule has 4 aliphatic rings. The number of aromatic hydroxyl groups is 1. The molecule has 1 N–H and O–H groups in total. The van der Waals surface area contributed by atoms with Crippen LogP contribution >= 0.6 is 31.9 Å². The van der Waals surface area contributed by atoms with Gasteiger partial charge in [-0.05, 0) is 85.0 Å². The van der Waals surface area contributed by atoms with Crippen molar-refractivity contribution in [3.8, 4) is 5.75 Å². The number of hydrogen-bond acceptors (Lipinski definition) is 5. The van der Waals surface area contributed by atoms with Crippen LogP contribution in [0.4, 0.5) is 11.4 Å². The van der Waals surface area contributed by atoms with Crippen LogP contribution in [0.5, 0.6) is 5.75 Å². The summed E-state index contributed by atoms with van der Waals surface area (Å²) < 4.78 is 1.68. The molecule has 4 amide bonds. The van der Waals surface area contributed by atoms with Crippen molar-refractivity contribution in [3.05, 3.63) is 99.0 Å². The third kappa shape index (κ3) is 4.04. The first-order valence-electron chi connectivity index (χ1n) is 13.5. The van der Waals surface area contributed by atoms with E-state index >= 15 is 0 Å². The molecule has 2 saturated heterocycles. The Morgan fingerprint density at radius 2 is 1.12 bits per heavy atom. The van der Waals surface area contributed by atoms with Gasteiger partial charge in [-0.25, -0.2) is 0 Å². The number of hydrogen-bond donors (Lipinski definition) is 1. The van der Waals surface area contributed by atoms with Crippen LogP contribution in [0, 0.1) is 29.6 Å². The zero-order valence-corrected chi connectivity index (χ0v) is 24.8. The molecule has 0 unspecified atom stereocenters. The third-order valence-electron chi connectivity index (χ3n) is 9.07. The van der Waals surface area contributed by atoms with Gasteiger partial charge in [-0.2, -0.15) is 0 Å². The molecule has 0 aromatic heterocycles. The Kier molecular flexibility index (Phi) is 6.28. The van der Waals surface area contributed by atoms with Gasteiger partial charge >= 0.3 is 0 Å². The molecule has 3 fully saturated rings. The third-order valence-corrected chi connectivity index (χ3v) is 10.1. The Hall–Kier alpha value is -3.56. The summed E-state index contributed by atoms with van der Waals surface area (Å²) in [5.74, 6) is -4.20.